The highest BCUT2D eigenvalue weighted by Gasteiger charge is 2.26. The van der Waals surface area contributed by atoms with E-state index in [4.69, 9.17) is 0 Å². The molecule has 19 heavy (non-hydrogen) atoms. The van der Waals surface area contributed by atoms with E-state index in [9.17, 15) is 9.90 Å². The average molecular weight is 438 g/mol. The number of rotatable bonds is 4. The average Bonchev–Trinajstić information content (AvgIpc) is 2.86. The summed E-state index contributed by atoms with van der Waals surface area (Å²) in [4.78, 5) is 12.0. The summed E-state index contributed by atoms with van der Waals surface area (Å²) in [6, 6.07) is 5.02. The molecule has 0 heterocycles. The minimum atomic E-state index is -0.105. The molecule has 1 fully saturated rings. The number of nitrogens with one attached hydrogen (secondary N) is 1. The number of hydrogen-bond donors (Lipinski definition) is 2. The zero-order valence-electron chi connectivity index (χ0n) is 10.5. The van der Waals surface area contributed by atoms with Crippen molar-refractivity contribution in [1.29, 1.82) is 0 Å². The van der Waals surface area contributed by atoms with E-state index in [1.807, 2.05) is 22.6 Å². The molecule has 1 aliphatic carbocycles. The molecule has 1 aromatic carbocycles. The van der Waals surface area contributed by atoms with Gasteiger partial charge in [-0.25, -0.2) is 0 Å². The van der Waals surface area contributed by atoms with Crippen LogP contribution in [0.2, 0.25) is 0 Å². The predicted molar refractivity (Wildman–Crippen MR) is 87.8 cm³/mol. The quantitative estimate of drug-likeness (QED) is 0.559. The molecule has 0 saturated heterocycles. The standard InChI is InChI=1S/C14H17BrINO2/c15-7-10-2-1-3-11(10)8-17-14(19)9-4-5-12(16)13(18)6-9/h4-6,10-11,18H,1-3,7-8H2,(H,17,19). The first-order chi connectivity index (χ1) is 9.11. The number of amides is 1. The van der Waals surface area contributed by atoms with Crippen LogP contribution in [0.15, 0.2) is 18.2 Å². The van der Waals surface area contributed by atoms with Gasteiger partial charge in [0, 0.05) is 17.4 Å². The minimum Gasteiger partial charge on any atom is -0.507 e. The van der Waals surface area contributed by atoms with Gasteiger partial charge in [-0.05, 0) is 65.5 Å². The van der Waals surface area contributed by atoms with Gasteiger partial charge in [0.2, 0.25) is 0 Å². The highest BCUT2D eigenvalue weighted by Crippen LogP contribution is 2.32. The van der Waals surface area contributed by atoms with E-state index in [-0.39, 0.29) is 11.7 Å². The van der Waals surface area contributed by atoms with Crippen molar-refractivity contribution in [2.75, 3.05) is 11.9 Å². The topological polar surface area (TPSA) is 49.3 Å². The molecular formula is C14H17BrINO2. The molecular weight excluding hydrogens is 421 g/mol. The second kappa shape index (κ2) is 6.92. The molecule has 0 aromatic heterocycles. The number of phenols is 1. The molecule has 0 spiro atoms. The molecule has 1 aliphatic rings. The molecule has 2 rings (SSSR count). The molecule has 1 aromatic rings. The number of hydrogen-bond acceptors (Lipinski definition) is 2. The van der Waals surface area contributed by atoms with Crippen LogP contribution < -0.4 is 5.32 Å². The number of alkyl halides is 1. The third-order valence-electron chi connectivity index (χ3n) is 3.75. The fourth-order valence-electron chi connectivity index (χ4n) is 2.57. The summed E-state index contributed by atoms with van der Waals surface area (Å²) < 4.78 is 0.754. The number of phenolic OH excluding ortho intramolecular Hbond substituents is 1. The molecule has 1 saturated carbocycles. The second-order valence-electron chi connectivity index (χ2n) is 4.98. The molecule has 104 valence electrons. The Balaban J connectivity index is 1.92. The Hall–Kier alpha value is -0.300. The summed E-state index contributed by atoms with van der Waals surface area (Å²) in [5, 5.41) is 13.6. The maximum Gasteiger partial charge on any atom is 0.251 e. The van der Waals surface area contributed by atoms with Crippen LogP contribution in [0.1, 0.15) is 29.6 Å². The van der Waals surface area contributed by atoms with E-state index >= 15 is 0 Å². The van der Waals surface area contributed by atoms with Gasteiger partial charge in [-0.1, -0.05) is 22.4 Å². The van der Waals surface area contributed by atoms with Crippen molar-refractivity contribution < 1.29 is 9.90 Å². The maximum atomic E-state index is 12.0. The summed E-state index contributed by atoms with van der Waals surface area (Å²) in [5.74, 6) is 1.30. The molecule has 2 N–H and O–H groups in total. The largest absolute Gasteiger partial charge is 0.507 e. The first kappa shape index (κ1) is 15.1. The van der Waals surface area contributed by atoms with E-state index in [0.717, 1.165) is 15.4 Å². The SMILES string of the molecule is O=C(NCC1CCCC1CBr)c1ccc(I)c(O)c1. The van der Waals surface area contributed by atoms with Crippen LogP contribution in [0.3, 0.4) is 0 Å². The number of carbonyl (C=O) groups excluding carboxylic acids is 1. The second-order valence-corrected chi connectivity index (χ2v) is 6.79. The van der Waals surface area contributed by atoms with Gasteiger partial charge in [-0.2, -0.15) is 0 Å². The Bertz CT molecular complexity index is 467. The van der Waals surface area contributed by atoms with Crippen LogP contribution in [-0.2, 0) is 0 Å². The number of aromatic hydroxyl groups is 1. The van der Waals surface area contributed by atoms with Gasteiger partial charge in [0.1, 0.15) is 5.75 Å². The van der Waals surface area contributed by atoms with Gasteiger partial charge >= 0.3 is 0 Å². The van der Waals surface area contributed by atoms with E-state index in [1.165, 1.54) is 25.3 Å². The monoisotopic (exact) mass is 437 g/mol. The van der Waals surface area contributed by atoms with Crippen molar-refractivity contribution in [2.24, 2.45) is 11.8 Å². The Morgan fingerprint density at radius 3 is 2.84 bits per heavy atom. The summed E-state index contributed by atoms with van der Waals surface area (Å²) in [7, 11) is 0. The van der Waals surface area contributed by atoms with Gasteiger partial charge in [-0.15, -0.1) is 0 Å². The molecule has 0 aliphatic heterocycles. The third kappa shape index (κ3) is 3.84. The van der Waals surface area contributed by atoms with Gasteiger partial charge in [-0.3, -0.25) is 4.79 Å². The first-order valence-electron chi connectivity index (χ1n) is 6.44. The summed E-state index contributed by atoms with van der Waals surface area (Å²) in [6.07, 6.45) is 3.69. The first-order valence-corrected chi connectivity index (χ1v) is 8.64. The van der Waals surface area contributed by atoms with Crippen molar-refractivity contribution in [1.82, 2.24) is 5.32 Å². The van der Waals surface area contributed by atoms with Gasteiger partial charge in [0.05, 0.1) is 3.57 Å². The lowest BCUT2D eigenvalue weighted by molar-refractivity contribution is 0.0944. The lowest BCUT2D eigenvalue weighted by atomic mass is 9.98. The molecule has 2 unspecified atom stereocenters. The van der Waals surface area contributed by atoms with Crippen molar-refractivity contribution in [3.8, 4) is 5.75 Å². The summed E-state index contributed by atoms with van der Waals surface area (Å²) >= 11 is 5.58. The molecule has 1 amide bonds. The predicted octanol–water partition coefficient (Wildman–Crippen LogP) is 3.54. The number of benzene rings is 1. The number of halogens is 2. The van der Waals surface area contributed by atoms with Crippen LogP contribution in [0.25, 0.3) is 0 Å². The summed E-state index contributed by atoms with van der Waals surface area (Å²) in [6.45, 7) is 0.724. The van der Waals surface area contributed by atoms with E-state index in [2.05, 4.69) is 21.2 Å². The highest BCUT2D eigenvalue weighted by atomic mass is 127. The lowest BCUT2D eigenvalue weighted by Gasteiger charge is -2.17. The Morgan fingerprint density at radius 2 is 2.16 bits per heavy atom. The van der Waals surface area contributed by atoms with Crippen LogP contribution >= 0.6 is 38.5 Å². The van der Waals surface area contributed by atoms with Crippen LogP contribution in [-0.4, -0.2) is 22.9 Å². The fraction of sp³-hybridized carbons (Fsp3) is 0.500. The number of carbonyl (C=O) groups is 1. The van der Waals surface area contributed by atoms with E-state index in [1.54, 1.807) is 12.1 Å². The van der Waals surface area contributed by atoms with Crippen molar-refractivity contribution in [2.45, 2.75) is 19.3 Å². The van der Waals surface area contributed by atoms with Gasteiger partial charge in [0.15, 0.2) is 0 Å². The zero-order valence-corrected chi connectivity index (χ0v) is 14.3. The van der Waals surface area contributed by atoms with Gasteiger partial charge in [0.25, 0.3) is 5.91 Å². The van der Waals surface area contributed by atoms with E-state index < -0.39 is 0 Å². The smallest absolute Gasteiger partial charge is 0.251 e. The third-order valence-corrected chi connectivity index (χ3v) is 5.49. The zero-order chi connectivity index (χ0) is 13.8. The Labute approximate surface area is 135 Å². The van der Waals surface area contributed by atoms with Crippen molar-refractivity contribution >= 4 is 44.4 Å². The lowest BCUT2D eigenvalue weighted by Crippen LogP contribution is -2.31. The Morgan fingerprint density at radius 1 is 1.42 bits per heavy atom. The van der Waals surface area contributed by atoms with Crippen molar-refractivity contribution in [3.05, 3.63) is 27.3 Å². The van der Waals surface area contributed by atoms with Crippen molar-refractivity contribution in [3.63, 3.8) is 0 Å². The molecule has 5 heteroatoms. The Kier molecular flexibility index (Phi) is 5.50. The van der Waals surface area contributed by atoms with Crippen LogP contribution in [0.5, 0.6) is 5.75 Å². The molecule has 2 atom stereocenters. The minimum absolute atomic E-state index is 0.105. The normalized spacial score (nSPS) is 22.4. The highest BCUT2D eigenvalue weighted by molar-refractivity contribution is 14.1. The molecule has 0 radical (unpaired) electrons. The molecule has 0 bridgehead atoms. The van der Waals surface area contributed by atoms with E-state index in [0.29, 0.717) is 17.4 Å². The van der Waals surface area contributed by atoms with Gasteiger partial charge < -0.3 is 10.4 Å². The van der Waals surface area contributed by atoms with Crippen LogP contribution in [0, 0.1) is 15.4 Å². The molecule has 3 nitrogen and oxygen atoms in total. The van der Waals surface area contributed by atoms with Crippen LogP contribution in [0.4, 0.5) is 0 Å². The fourth-order valence-corrected chi connectivity index (χ4v) is 3.75. The summed E-state index contributed by atoms with van der Waals surface area (Å²) in [5.41, 5.74) is 0.520. The maximum absolute atomic E-state index is 12.0.